The van der Waals surface area contributed by atoms with E-state index >= 15 is 0 Å². The average molecular weight is 419 g/mol. The standard InChI is InChI=1S/C15H23BrN4O3S/c1-10-3-5-12(6-4-10)19-14(21)9-20(2)24(22,23)13-7-11(16)8-18-15(13)17/h7-8,10,12H,3-6,9H2,1-2H3,(H2,17,18)(H,19,21). The second-order valence-corrected chi connectivity index (χ2v) is 9.25. The zero-order chi connectivity index (χ0) is 17.9. The van der Waals surface area contributed by atoms with E-state index in [9.17, 15) is 13.2 Å². The molecule has 1 aliphatic carbocycles. The van der Waals surface area contributed by atoms with Crippen molar-refractivity contribution in [3.05, 3.63) is 16.7 Å². The summed E-state index contributed by atoms with van der Waals surface area (Å²) in [5.41, 5.74) is 5.67. The van der Waals surface area contributed by atoms with Gasteiger partial charge in [-0.15, -0.1) is 0 Å². The van der Waals surface area contributed by atoms with E-state index < -0.39 is 10.0 Å². The Morgan fingerprint density at radius 3 is 2.67 bits per heavy atom. The molecule has 2 rings (SSSR count). The lowest BCUT2D eigenvalue weighted by atomic mass is 9.87. The van der Waals surface area contributed by atoms with Gasteiger partial charge in [0.15, 0.2) is 0 Å². The van der Waals surface area contributed by atoms with Crippen LogP contribution in [-0.2, 0) is 14.8 Å². The van der Waals surface area contributed by atoms with E-state index in [1.54, 1.807) is 0 Å². The zero-order valence-electron chi connectivity index (χ0n) is 13.8. The number of pyridine rings is 1. The molecule has 0 aliphatic heterocycles. The first-order valence-electron chi connectivity index (χ1n) is 7.87. The number of nitrogen functional groups attached to an aromatic ring is 1. The fraction of sp³-hybridized carbons (Fsp3) is 0.600. The third kappa shape index (κ3) is 4.67. The number of aromatic nitrogens is 1. The molecular formula is C15H23BrN4O3S. The van der Waals surface area contributed by atoms with Gasteiger partial charge < -0.3 is 11.1 Å². The van der Waals surface area contributed by atoms with Crippen LogP contribution in [-0.4, -0.2) is 43.2 Å². The molecule has 1 aromatic heterocycles. The Balaban J connectivity index is 2.01. The second kappa shape index (κ2) is 7.79. The van der Waals surface area contributed by atoms with Crippen LogP contribution in [0.3, 0.4) is 0 Å². The molecule has 0 unspecified atom stereocenters. The number of nitrogens with zero attached hydrogens (tertiary/aromatic N) is 2. The Morgan fingerprint density at radius 2 is 2.04 bits per heavy atom. The molecule has 1 aromatic rings. The molecule has 1 aliphatic rings. The van der Waals surface area contributed by atoms with Crippen LogP contribution in [0.1, 0.15) is 32.6 Å². The van der Waals surface area contributed by atoms with Crippen LogP contribution in [0.5, 0.6) is 0 Å². The lowest BCUT2D eigenvalue weighted by Gasteiger charge is -2.27. The van der Waals surface area contributed by atoms with Crippen LogP contribution < -0.4 is 11.1 Å². The maximum Gasteiger partial charge on any atom is 0.246 e. The van der Waals surface area contributed by atoms with E-state index in [1.165, 1.54) is 19.3 Å². The fourth-order valence-corrected chi connectivity index (χ4v) is 4.47. The third-order valence-electron chi connectivity index (χ3n) is 4.28. The molecule has 0 spiro atoms. The van der Waals surface area contributed by atoms with E-state index in [2.05, 4.69) is 33.2 Å². The predicted molar refractivity (Wildman–Crippen MR) is 95.7 cm³/mol. The van der Waals surface area contributed by atoms with E-state index in [0.717, 1.165) is 30.0 Å². The molecule has 3 N–H and O–H groups in total. The highest BCUT2D eigenvalue weighted by Crippen LogP contribution is 2.24. The van der Waals surface area contributed by atoms with Gasteiger partial charge in [0.05, 0.1) is 6.54 Å². The van der Waals surface area contributed by atoms with Gasteiger partial charge >= 0.3 is 0 Å². The smallest absolute Gasteiger partial charge is 0.246 e. The number of hydrogen-bond acceptors (Lipinski definition) is 5. The van der Waals surface area contributed by atoms with Crippen LogP contribution in [0.4, 0.5) is 5.82 Å². The molecule has 9 heteroatoms. The topological polar surface area (TPSA) is 105 Å². The first-order chi connectivity index (χ1) is 11.2. The Labute approximate surface area is 151 Å². The van der Waals surface area contributed by atoms with Crippen molar-refractivity contribution in [3.63, 3.8) is 0 Å². The third-order valence-corrected chi connectivity index (χ3v) is 6.55. The van der Waals surface area contributed by atoms with Crippen molar-refractivity contribution in [2.75, 3.05) is 19.3 Å². The van der Waals surface area contributed by atoms with Crippen LogP contribution in [0.15, 0.2) is 21.6 Å². The number of sulfonamides is 1. The van der Waals surface area contributed by atoms with Gasteiger partial charge in [0.2, 0.25) is 15.9 Å². The Morgan fingerprint density at radius 1 is 1.42 bits per heavy atom. The van der Waals surface area contributed by atoms with Crippen molar-refractivity contribution in [2.24, 2.45) is 5.92 Å². The first kappa shape index (κ1) is 19.1. The number of likely N-dealkylation sites (N-methyl/N-ethyl adjacent to an activating group) is 1. The molecular weight excluding hydrogens is 396 g/mol. The van der Waals surface area contributed by atoms with Gasteiger partial charge in [0, 0.05) is 23.8 Å². The lowest BCUT2D eigenvalue weighted by Crippen LogP contribution is -2.43. The summed E-state index contributed by atoms with van der Waals surface area (Å²) < 4.78 is 26.7. The van der Waals surface area contributed by atoms with Crippen LogP contribution in [0.25, 0.3) is 0 Å². The number of nitrogens with two attached hydrogens (primary N) is 1. The monoisotopic (exact) mass is 418 g/mol. The highest BCUT2D eigenvalue weighted by Gasteiger charge is 2.27. The number of nitrogens with one attached hydrogen (secondary N) is 1. The van der Waals surface area contributed by atoms with Gasteiger partial charge in [0.25, 0.3) is 0 Å². The van der Waals surface area contributed by atoms with Crippen molar-refractivity contribution in [3.8, 4) is 0 Å². The summed E-state index contributed by atoms with van der Waals surface area (Å²) in [6.07, 6.45) is 5.46. The number of halogens is 1. The van der Waals surface area contributed by atoms with Gasteiger partial charge in [-0.3, -0.25) is 4.79 Å². The number of rotatable bonds is 5. The number of carbonyl (C=O) groups is 1. The van der Waals surface area contributed by atoms with E-state index in [4.69, 9.17) is 5.73 Å². The van der Waals surface area contributed by atoms with E-state index in [-0.39, 0.29) is 29.2 Å². The summed E-state index contributed by atoms with van der Waals surface area (Å²) in [6, 6.07) is 1.51. The Hall–Kier alpha value is -1.19. The number of hydrogen-bond donors (Lipinski definition) is 2. The molecule has 1 heterocycles. The summed E-state index contributed by atoms with van der Waals surface area (Å²) in [4.78, 5) is 15.9. The van der Waals surface area contributed by atoms with Crippen LogP contribution in [0, 0.1) is 5.92 Å². The highest BCUT2D eigenvalue weighted by molar-refractivity contribution is 9.10. The molecule has 134 valence electrons. The molecule has 1 fully saturated rings. The lowest BCUT2D eigenvalue weighted by molar-refractivity contribution is -0.122. The molecule has 24 heavy (non-hydrogen) atoms. The molecule has 7 nitrogen and oxygen atoms in total. The SMILES string of the molecule is CC1CCC(NC(=O)CN(C)S(=O)(=O)c2cc(Br)cnc2N)CC1. The largest absolute Gasteiger partial charge is 0.383 e. The van der Waals surface area contributed by atoms with Gasteiger partial charge in [0.1, 0.15) is 10.7 Å². The van der Waals surface area contributed by atoms with Gasteiger partial charge in [-0.05, 0) is 53.6 Å². The molecule has 1 saturated carbocycles. The number of amides is 1. The Bertz CT molecular complexity index is 703. The maximum absolute atomic E-state index is 12.6. The minimum absolute atomic E-state index is 0.0910. The average Bonchev–Trinajstić information content (AvgIpc) is 2.51. The minimum atomic E-state index is -3.88. The number of anilines is 1. The van der Waals surface area contributed by atoms with E-state index in [0.29, 0.717) is 10.4 Å². The number of carbonyl (C=O) groups excluding carboxylic acids is 1. The molecule has 0 saturated heterocycles. The van der Waals surface area contributed by atoms with Gasteiger partial charge in [-0.25, -0.2) is 13.4 Å². The van der Waals surface area contributed by atoms with Crippen molar-refractivity contribution in [1.82, 2.24) is 14.6 Å². The maximum atomic E-state index is 12.6. The quantitative estimate of drug-likeness (QED) is 0.757. The first-order valence-corrected chi connectivity index (χ1v) is 10.1. The zero-order valence-corrected chi connectivity index (χ0v) is 16.2. The summed E-state index contributed by atoms with van der Waals surface area (Å²) in [5.74, 6) is 0.294. The van der Waals surface area contributed by atoms with Crippen molar-refractivity contribution in [2.45, 2.75) is 43.5 Å². The summed E-state index contributed by atoms with van der Waals surface area (Å²) in [7, 11) is -2.52. The molecule has 0 bridgehead atoms. The second-order valence-electron chi connectivity index (χ2n) is 6.32. The summed E-state index contributed by atoms with van der Waals surface area (Å²) in [5, 5.41) is 2.92. The molecule has 0 radical (unpaired) electrons. The van der Waals surface area contributed by atoms with Crippen molar-refractivity contribution < 1.29 is 13.2 Å². The van der Waals surface area contributed by atoms with Crippen molar-refractivity contribution >= 4 is 37.7 Å². The predicted octanol–water partition coefficient (Wildman–Crippen LogP) is 1.74. The van der Waals surface area contributed by atoms with Gasteiger partial charge in [-0.2, -0.15) is 4.31 Å². The van der Waals surface area contributed by atoms with Crippen LogP contribution in [0.2, 0.25) is 0 Å². The Kier molecular flexibility index (Phi) is 6.22. The van der Waals surface area contributed by atoms with Gasteiger partial charge in [-0.1, -0.05) is 6.92 Å². The van der Waals surface area contributed by atoms with Crippen LogP contribution >= 0.6 is 15.9 Å². The fourth-order valence-electron chi connectivity index (χ4n) is 2.77. The minimum Gasteiger partial charge on any atom is -0.383 e. The molecule has 0 aromatic carbocycles. The summed E-state index contributed by atoms with van der Waals surface area (Å²) in [6.45, 7) is 1.95. The molecule has 0 atom stereocenters. The normalized spacial score (nSPS) is 21.7. The summed E-state index contributed by atoms with van der Waals surface area (Å²) >= 11 is 3.18. The van der Waals surface area contributed by atoms with Crippen molar-refractivity contribution in [1.29, 1.82) is 0 Å². The highest BCUT2D eigenvalue weighted by atomic mass is 79.9. The van der Waals surface area contributed by atoms with E-state index in [1.807, 2.05) is 0 Å². The molecule has 1 amide bonds.